The normalized spacial score (nSPS) is 16.7. The standard InChI is InChI=1S/C32H34ClFN2O7/c1-32(2,3)18-36-24-13-12-20(33)14-22(24)29(21-9-7-11-25(30(21)41-4)42-17-28(38)39)43-26(31(36)40)15-27(37)35-16-19-8-5-6-10-23(19)34/h5-14,26,29H,15-18H2,1-4H3,(H,35,37)(H,38,39). The zero-order valence-electron chi connectivity index (χ0n) is 24.4. The Morgan fingerprint density at radius 3 is 2.51 bits per heavy atom. The lowest BCUT2D eigenvalue weighted by Gasteiger charge is -2.31. The number of aliphatic carboxylic acids is 1. The van der Waals surface area contributed by atoms with Crippen LogP contribution < -0.4 is 19.7 Å². The van der Waals surface area contributed by atoms with Crippen molar-refractivity contribution in [3.8, 4) is 11.5 Å². The number of para-hydroxylation sites is 1. The third-order valence-corrected chi connectivity index (χ3v) is 6.92. The minimum absolute atomic E-state index is 0.0613. The number of amides is 2. The molecule has 0 aliphatic carbocycles. The van der Waals surface area contributed by atoms with Crippen LogP contribution in [0.2, 0.25) is 5.02 Å². The van der Waals surface area contributed by atoms with Crippen LogP contribution in [0.25, 0.3) is 0 Å². The fourth-order valence-electron chi connectivity index (χ4n) is 4.87. The summed E-state index contributed by atoms with van der Waals surface area (Å²) in [6.07, 6.45) is -2.55. The molecular formula is C32H34ClFN2O7. The number of halogens is 2. The molecular weight excluding hydrogens is 579 g/mol. The highest BCUT2D eigenvalue weighted by Gasteiger charge is 2.40. The van der Waals surface area contributed by atoms with E-state index in [4.69, 9.17) is 30.9 Å². The Bertz CT molecular complexity index is 1510. The third kappa shape index (κ3) is 7.82. The van der Waals surface area contributed by atoms with Gasteiger partial charge in [-0.25, -0.2) is 9.18 Å². The SMILES string of the molecule is COc1c(OCC(=O)O)cccc1C1OC(CC(=O)NCc2ccccc2F)C(=O)N(CC(C)(C)C)c2ccc(Cl)cc21. The number of rotatable bonds is 10. The van der Waals surface area contributed by atoms with Crippen LogP contribution in [0.1, 0.15) is 50.0 Å². The topological polar surface area (TPSA) is 114 Å². The Balaban J connectivity index is 1.77. The lowest BCUT2D eigenvalue weighted by atomic mass is 9.94. The van der Waals surface area contributed by atoms with E-state index in [0.29, 0.717) is 33.9 Å². The first-order chi connectivity index (χ1) is 20.4. The molecule has 3 aromatic rings. The molecule has 0 saturated carbocycles. The molecule has 43 heavy (non-hydrogen) atoms. The minimum atomic E-state index is -1.24. The largest absolute Gasteiger partial charge is 0.492 e. The molecule has 2 atom stereocenters. The first-order valence-electron chi connectivity index (χ1n) is 13.7. The van der Waals surface area contributed by atoms with E-state index in [0.717, 1.165) is 0 Å². The Hall–Kier alpha value is -4.15. The highest BCUT2D eigenvalue weighted by atomic mass is 35.5. The molecule has 0 saturated heterocycles. The fourth-order valence-corrected chi connectivity index (χ4v) is 5.05. The van der Waals surface area contributed by atoms with Crippen molar-refractivity contribution in [3.63, 3.8) is 0 Å². The molecule has 4 rings (SSSR count). The van der Waals surface area contributed by atoms with Gasteiger partial charge in [0, 0.05) is 40.5 Å². The van der Waals surface area contributed by atoms with Crippen molar-refractivity contribution >= 4 is 35.1 Å². The molecule has 0 fully saturated rings. The van der Waals surface area contributed by atoms with Crippen LogP contribution in [0.3, 0.4) is 0 Å². The van der Waals surface area contributed by atoms with Gasteiger partial charge in [-0.05, 0) is 35.7 Å². The van der Waals surface area contributed by atoms with Gasteiger partial charge in [-0.3, -0.25) is 9.59 Å². The molecule has 228 valence electrons. The first kappa shape index (κ1) is 31.8. The summed E-state index contributed by atoms with van der Waals surface area (Å²) in [6.45, 7) is 5.61. The summed E-state index contributed by atoms with van der Waals surface area (Å²) in [6, 6.07) is 16.1. The number of fused-ring (bicyclic) bond motifs is 1. The van der Waals surface area contributed by atoms with Gasteiger partial charge in [0.25, 0.3) is 5.91 Å². The molecule has 1 aliphatic rings. The summed E-state index contributed by atoms with van der Waals surface area (Å²) in [5, 5.41) is 12.2. The molecule has 1 heterocycles. The Labute approximate surface area is 254 Å². The zero-order chi connectivity index (χ0) is 31.3. The van der Waals surface area contributed by atoms with Crippen LogP contribution >= 0.6 is 11.6 Å². The van der Waals surface area contributed by atoms with Crippen molar-refractivity contribution in [1.29, 1.82) is 0 Å². The number of carboxylic acid groups (broad SMARTS) is 1. The van der Waals surface area contributed by atoms with E-state index in [9.17, 15) is 18.8 Å². The average molecular weight is 613 g/mol. The molecule has 0 spiro atoms. The second-order valence-electron chi connectivity index (χ2n) is 11.3. The van der Waals surface area contributed by atoms with Gasteiger partial charge in [0.1, 0.15) is 18.0 Å². The van der Waals surface area contributed by atoms with Crippen molar-refractivity contribution in [2.75, 3.05) is 25.2 Å². The van der Waals surface area contributed by atoms with Crippen LogP contribution in [0.5, 0.6) is 11.5 Å². The second-order valence-corrected chi connectivity index (χ2v) is 11.8. The van der Waals surface area contributed by atoms with Crippen molar-refractivity contribution in [1.82, 2.24) is 5.32 Å². The number of carbonyl (C=O) groups is 3. The van der Waals surface area contributed by atoms with Gasteiger partial charge in [-0.2, -0.15) is 0 Å². The number of carboxylic acids is 1. The molecule has 0 radical (unpaired) electrons. The molecule has 2 N–H and O–H groups in total. The number of carbonyl (C=O) groups excluding carboxylic acids is 2. The van der Waals surface area contributed by atoms with Crippen LogP contribution in [0.15, 0.2) is 60.7 Å². The maximum Gasteiger partial charge on any atom is 0.341 e. The number of benzene rings is 3. The quantitative estimate of drug-likeness (QED) is 0.310. The fraction of sp³-hybridized carbons (Fsp3) is 0.344. The number of nitrogens with one attached hydrogen (secondary N) is 1. The van der Waals surface area contributed by atoms with Crippen LogP contribution in [0.4, 0.5) is 10.1 Å². The van der Waals surface area contributed by atoms with E-state index in [1.165, 1.54) is 13.2 Å². The lowest BCUT2D eigenvalue weighted by Crippen LogP contribution is -2.45. The van der Waals surface area contributed by atoms with Gasteiger partial charge in [0.2, 0.25) is 5.91 Å². The van der Waals surface area contributed by atoms with Crippen LogP contribution in [-0.2, 0) is 25.7 Å². The van der Waals surface area contributed by atoms with Crippen molar-refractivity contribution < 1.29 is 38.1 Å². The van der Waals surface area contributed by atoms with E-state index in [-0.39, 0.29) is 29.9 Å². The maximum atomic E-state index is 14.1. The van der Waals surface area contributed by atoms with Crippen molar-refractivity contribution in [3.05, 3.63) is 88.2 Å². The second kappa shape index (κ2) is 13.4. The van der Waals surface area contributed by atoms with Gasteiger partial charge >= 0.3 is 5.97 Å². The molecule has 3 aromatic carbocycles. The van der Waals surface area contributed by atoms with Crippen molar-refractivity contribution in [2.45, 2.75) is 45.9 Å². The average Bonchev–Trinajstić information content (AvgIpc) is 3.05. The van der Waals surface area contributed by atoms with Gasteiger partial charge in [0.05, 0.1) is 13.5 Å². The summed E-state index contributed by atoms with van der Waals surface area (Å²) in [7, 11) is 1.41. The van der Waals surface area contributed by atoms with E-state index in [2.05, 4.69) is 5.32 Å². The number of methoxy groups -OCH3 is 1. The van der Waals surface area contributed by atoms with Gasteiger partial charge in [-0.1, -0.05) is 62.7 Å². The van der Waals surface area contributed by atoms with Gasteiger partial charge in [-0.15, -0.1) is 0 Å². The van der Waals surface area contributed by atoms with E-state index in [1.54, 1.807) is 59.5 Å². The highest BCUT2D eigenvalue weighted by Crippen LogP contribution is 2.45. The van der Waals surface area contributed by atoms with Crippen LogP contribution in [0, 0.1) is 11.2 Å². The first-order valence-corrected chi connectivity index (χ1v) is 14.0. The Kier molecular flexibility index (Phi) is 9.93. The number of nitrogens with zero attached hydrogens (tertiary/aromatic N) is 1. The summed E-state index contributed by atoms with van der Waals surface area (Å²) < 4.78 is 31.7. The molecule has 2 unspecified atom stereocenters. The van der Waals surface area contributed by atoms with E-state index < -0.39 is 42.4 Å². The Morgan fingerprint density at radius 1 is 1.09 bits per heavy atom. The minimum Gasteiger partial charge on any atom is -0.492 e. The molecule has 0 aromatic heterocycles. The molecule has 11 heteroatoms. The Morgan fingerprint density at radius 2 is 1.84 bits per heavy atom. The highest BCUT2D eigenvalue weighted by molar-refractivity contribution is 6.30. The number of hydrogen-bond acceptors (Lipinski definition) is 6. The predicted octanol–water partition coefficient (Wildman–Crippen LogP) is 5.52. The van der Waals surface area contributed by atoms with Crippen molar-refractivity contribution in [2.24, 2.45) is 5.41 Å². The third-order valence-electron chi connectivity index (χ3n) is 6.69. The number of hydrogen-bond donors (Lipinski definition) is 2. The molecule has 1 aliphatic heterocycles. The van der Waals surface area contributed by atoms with Gasteiger partial charge in [0.15, 0.2) is 18.1 Å². The molecule has 0 bridgehead atoms. The molecule has 9 nitrogen and oxygen atoms in total. The lowest BCUT2D eigenvalue weighted by molar-refractivity contribution is -0.139. The molecule has 2 amide bonds. The zero-order valence-corrected chi connectivity index (χ0v) is 25.1. The summed E-state index contributed by atoms with van der Waals surface area (Å²) in [5.41, 5.74) is 1.51. The summed E-state index contributed by atoms with van der Waals surface area (Å²) in [5.74, 6) is -2.19. The number of anilines is 1. The predicted molar refractivity (Wildman–Crippen MR) is 159 cm³/mol. The summed E-state index contributed by atoms with van der Waals surface area (Å²) in [4.78, 5) is 40.0. The maximum absolute atomic E-state index is 14.1. The number of ether oxygens (including phenoxy) is 3. The van der Waals surface area contributed by atoms with E-state index >= 15 is 0 Å². The smallest absolute Gasteiger partial charge is 0.341 e. The van der Waals surface area contributed by atoms with Crippen LogP contribution in [-0.4, -0.2) is 49.3 Å². The summed E-state index contributed by atoms with van der Waals surface area (Å²) >= 11 is 6.45. The van der Waals surface area contributed by atoms with Gasteiger partial charge < -0.3 is 29.5 Å². The van der Waals surface area contributed by atoms with E-state index in [1.807, 2.05) is 20.8 Å². The monoisotopic (exact) mass is 612 g/mol.